The first-order valence-electron chi connectivity index (χ1n) is 10.8. The highest BCUT2D eigenvalue weighted by Gasteiger charge is 1.98. The Balaban J connectivity index is 0.000000331. The molecular formula is C24H34Cl2N4OS2. The van der Waals surface area contributed by atoms with E-state index in [0.29, 0.717) is 16.1 Å². The lowest BCUT2D eigenvalue weighted by molar-refractivity contribution is 0.660. The van der Waals surface area contributed by atoms with Crippen LogP contribution in [0, 0.1) is 0 Å². The Labute approximate surface area is 215 Å². The van der Waals surface area contributed by atoms with E-state index in [9.17, 15) is 4.21 Å². The molecule has 182 valence electrons. The van der Waals surface area contributed by atoms with Crippen molar-refractivity contribution >= 4 is 45.8 Å². The van der Waals surface area contributed by atoms with E-state index in [4.69, 9.17) is 23.2 Å². The number of hydrogen-bond acceptors (Lipinski definition) is 6. The first-order valence-corrected chi connectivity index (χ1v) is 14.2. The predicted octanol–water partition coefficient (Wildman–Crippen LogP) is 5.28. The molecule has 0 aliphatic carbocycles. The Bertz CT molecular complexity index is 805. The maximum atomic E-state index is 11.3. The van der Waals surface area contributed by atoms with Crippen molar-refractivity contribution in [3.8, 4) is 0 Å². The third-order valence-corrected chi connectivity index (χ3v) is 6.99. The van der Waals surface area contributed by atoms with Crippen molar-refractivity contribution in [2.75, 3.05) is 36.1 Å². The summed E-state index contributed by atoms with van der Waals surface area (Å²) < 4.78 is 11.3. The van der Waals surface area contributed by atoms with Crippen LogP contribution in [0.1, 0.15) is 24.0 Å². The highest BCUT2D eigenvalue weighted by atomic mass is 35.5. The maximum Gasteiger partial charge on any atom is 0.129 e. The summed E-state index contributed by atoms with van der Waals surface area (Å²) >= 11 is 13.3. The van der Waals surface area contributed by atoms with Crippen molar-refractivity contribution in [3.05, 3.63) is 83.4 Å². The molecule has 1 unspecified atom stereocenters. The normalized spacial score (nSPS) is 11.3. The lowest BCUT2D eigenvalue weighted by Gasteiger charge is -2.04. The number of pyridine rings is 2. The number of nitrogens with one attached hydrogen (secondary N) is 2. The van der Waals surface area contributed by atoms with E-state index >= 15 is 0 Å². The van der Waals surface area contributed by atoms with Gasteiger partial charge in [-0.2, -0.15) is 11.8 Å². The Hall–Kier alpha value is -1.22. The molecule has 0 saturated carbocycles. The van der Waals surface area contributed by atoms with E-state index in [2.05, 4.69) is 33.8 Å². The van der Waals surface area contributed by atoms with E-state index in [1.54, 1.807) is 18.3 Å². The maximum absolute atomic E-state index is 11.3. The molecule has 0 saturated heterocycles. The first-order chi connectivity index (χ1) is 16.0. The van der Waals surface area contributed by atoms with Crippen LogP contribution in [0.2, 0.25) is 10.3 Å². The Morgan fingerprint density at radius 1 is 0.909 bits per heavy atom. The molecule has 0 radical (unpaired) electrons. The summed E-state index contributed by atoms with van der Waals surface area (Å²) in [6.07, 6.45) is 9.29. The van der Waals surface area contributed by atoms with Gasteiger partial charge in [-0.25, -0.2) is 9.97 Å². The molecule has 0 amide bonds. The second-order valence-corrected chi connectivity index (χ2v) is 10.5. The van der Waals surface area contributed by atoms with Gasteiger partial charge in [-0.3, -0.25) is 4.21 Å². The molecule has 5 nitrogen and oxygen atoms in total. The summed E-state index contributed by atoms with van der Waals surface area (Å²) in [5, 5.41) is 7.70. The van der Waals surface area contributed by atoms with Gasteiger partial charge < -0.3 is 10.6 Å². The zero-order valence-corrected chi connectivity index (χ0v) is 22.1. The summed E-state index contributed by atoms with van der Waals surface area (Å²) in [5.74, 6) is 3.53. The van der Waals surface area contributed by atoms with E-state index in [1.165, 1.54) is 17.7 Å². The molecule has 2 heterocycles. The van der Waals surface area contributed by atoms with Gasteiger partial charge in [0, 0.05) is 53.5 Å². The predicted molar refractivity (Wildman–Crippen MR) is 147 cm³/mol. The van der Waals surface area contributed by atoms with Crippen LogP contribution in [-0.4, -0.2) is 50.3 Å². The fourth-order valence-corrected chi connectivity index (χ4v) is 4.33. The zero-order valence-electron chi connectivity index (χ0n) is 19.0. The molecule has 0 aromatic carbocycles. The number of hydrogen-bond donors (Lipinski definition) is 2. The van der Waals surface area contributed by atoms with Gasteiger partial charge in [0.2, 0.25) is 0 Å². The van der Waals surface area contributed by atoms with Gasteiger partial charge >= 0.3 is 0 Å². The number of aromatic nitrogens is 2. The summed E-state index contributed by atoms with van der Waals surface area (Å²) in [7, 11) is -0.759. The van der Waals surface area contributed by atoms with Crippen LogP contribution in [0.4, 0.5) is 0 Å². The van der Waals surface area contributed by atoms with E-state index < -0.39 is 10.8 Å². The lowest BCUT2D eigenvalue weighted by Crippen LogP contribution is -2.17. The number of halogens is 2. The van der Waals surface area contributed by atoms with Crippen molar-refractivity contribution in [3.63, 3.8) is 0 Å². The van der Waals surface area contributed by atoms with Gasteiger partial charge in [-0.05, 0) is 54.9 Å². The molecule has 0 aliphatic rings. The molecule has 2 N–H and O–H groups in total. The molecule has 0 aliphatic heterocycles. The van der Waals surface area contributed by atoms with Gasteiger partial charge in [-0.15, -0.1) is 13.2 Å². The first kappa shape index (κ1) is 29.8. The summed E-state index contributed by atoms with van der Waals surface area (Å²) in [6, 6.07) is 7.53. The standard InChI is InChI=1S/C12H17ClN2OS.C12H17ClN2S/c1-2-7-17(16)8-3-6-14-9-11-4-5-12(13)15-10-11;1-2-7-16-8-3-6-14-9-11-4-5-12(13)15-10-11/h2,4-5,10,14H,1,3,6-9H2;2,4-5,10,14H,1,3,6-9H2. The topological polar surface area (TPSA) is 66.9 Å². The molecule has 0 fully saturated rings. The Kier molecular flexibility index (Phi) is 18.2. The van der Waals surface area contributed by atoms with E-state index in [0.717, 1.165) is 49.7 Å². The van der Waals surface area contributed by atoms with E-state index in [-0.39, 0.29) is 0 Å². The van der Waals surface area contributed by atoms with Crippen LogP contribution < -0.4 is 10.6 Å². The van der Waals surface area contributed by atoms with Crippen molar-refractivity contribution in [2.24, 2.45) is 0 Å². The minimum atomic E-state index is -0.759. The average Bonchev–Trinajstić information content (AvgIpc) is 2.81. The molecule has 1 atom stereocenters. The van der Waals surface area contributed by atoms with Gasteiger partial charge in [0.05, 0.1) is 0 Å². The largest absolute Gasteiger partial charge is 0.313 e. The highest BCUT2D eigenvalue weighted by molar-refractivity contribution is 7.99. The van der Waals surface area contributed by atoms with Gasteiger partial charge in [-0.1, -0.05) is 47.5 Å². The quantitative estimate of drug-likeness (QED) is 0.175. The summed E-state index contributed by atoms with van der Waals surface area (Å²) in [6.45, 7) is 10.8. The van der Waals surface area contributed by atoms with E-state index in [1.807, 2.05) is 42.2 Å². The average molecular weight is 530 g/mol. The van der Waals surface area contributed by atoms with Crippen molar-refractivity contribution in [2.45, 2.75) is 25.9 Å². The summed E-state index contributed by atoms with van der Waals surface area (Å²) in [4.78, 5) is 8.03. The van der Waals surface area contributed by atoms with Crippen LogP contribution in [0.15, 0.2) is 62.0 Å². The smallest absolute Gasteiger partial charge is 0.129 e. The van der Waals surface area contributed by atoms with Crippen LogP contribution >= 0.6 is 35.0 Å². The number of rotatable bonds is 16. The Morgan fingerprint density at radius 3 is 1.97 bits per heavy atom. The zero-order chi connectivity index (χ0) is 24.2. The molecule has 2 aromatic rings. The van der Waals surface area contributed by atoms with Crippen LogP contribution in [0.5, 0.6) is 0 Å². The van der Waals surface area contributed by atoms with Crippen LogP contribution in [0.25, 0.3) is 0 Å². The second kappa shape index (κ2) is 20.2. The summed E-state index contributed by atoms with van der Waals surface area (Å²) in [5.41, 5.74) is 2.27. The molecule has 0 bridgehead atoms. The molecular weight excluding hydrogens is 495 g/mol. The fourth-order valence-electron chi connectivity index (χ4n) is 2.53. The molecule has 2 rings (SSSR count). The van der Waals surface area contributed by atoms with Gasteiger partial charge in [0.1, 0.15) is 10.3 Å². The third-order valence-electron chi connectivity index (χ3n) is 4.14. The lowest BCUT2D eigenvalue weighted by atomic mass is 10.3. The minimum Gasteiger partial charge on any atom is -0.313 e. The van der Waals surface area contributed by atoms with Crippen molar-refractivity contribution in [1.29, 1.82) is 0 Å². The monoisotopic (exact) mass is 528 g/mol. The number of thioether (sulfide) groups is 1. The second-order valence-electron chi connectivity index (χ2n) is 7.00. The molecule has 0 spiro atoms. The molecule has 33 heavy (non-hydrogen) atoms. The fraction of sp³-hybridized carbons (Fsp3) is 0.417. The number of nitrogens with zero attached hydrogens (tertiary/aromatic N) is 2. The SMILES string of the molecule is C=CCS(=O)CCCNCc1ccc(Cl)nc1.C=CCSCCCNCc1ccc(Cl)nc1. The van der Waals surface area contributed by atoms with Crippen molar-refractivity contribution in [1.82, 2.24) is 20.6 Å². The Morgan fingerprint density at radius 2 is 1.48 bits per heavy atom. The highest BCUT2D eigenvalue weighted by Crippen LogP contribution is 2.06. The molecule has 2 aromatic heterocycles. The minimum absolute atomic E-state index is 0.508. The van der Waals surface area contributed by atoms with Crippen LogP contribution in [0.3, 0.4) is 0 Å². The third kappa shape index (κ3) is 17.0. The molecule has 9 heteroatoms. The van der Waals surface area contributed by atoms with Crippen molar-refractivity contribution < 1.29 is 4.21 Å². The van der Waals surface area contributed by atoms with Gasteiger partial charge in [0.15, 0.2) is 0 Å². The van der Waals surface area contributed by atoms with Gasteiger partial charge in [0.25, 0.3) is 0 Å². The van der Waals surface area contributed by atoms with Crippen LogP contribution in [-0.2, 0) is 23.9 Å².